The van der Waals surface area contributed by atoms with Gasteiger partial charge < -0.3 is 15.8 Å². The molecular weight excluding hydrogens is 254 g/mol. The summed E-state index contributed by atoms with van der Waals surface area (Å²) in [6, 6.07) is 5.11. The standard InChI is InChI=1S/C12H16ClN3O2/c1-3-16(7-11(14)15-18)12(17)9-5-4-8(2)10(13)6-9/h4-6,18H,3,7H2,1-2H3,(H2,14,15). The number of nitrogens with two attached hydrogens (primary N) is 1. The fourth-order valence-corrected chi connectivity index (χ4v) is 1.64. The van der Waals surface area contributed by atoms with Crippen LogP contribution in [0.5, 0.6) is 0 Å². The molecular formula is C12H16ClN3O2. The van der Waals surface area contributed by atoms with E-state index in [-0.39, 0.29) is 18.3 Å². The Kier molecular flexibility index (Phi) is 4.97. The zero-order valence-corrected chi connectivity index (χ0v) is 11.1. The molecule has 18 heavy (non-hydrogen) atoms. The SMILES string of the molecule is CCN(CC(N)=NO)C(=O)c1ccc(C)c(Cl)c1. The van der Waals surface area contributed by atoms with Gasteiger partial charge in [0.2, 0.25) is 0 Å². The number of aryl methyl sites for hydroxylation is 1. The Hall–Kier alpha value is -1.75. The van der Waals surface area contributed by atoms with E-state index in [0.29, 0.717) is 17.1 Å². The van der Waals surface area contributed by atoms with Gasteiger partial charge in [-0.15, -0.1) is 0 Å². The van der Waals surface area contributed by atoms with Gasteiger partial charge in [-0.2, -0.15) is 0 Å². The number of likely N-dealkylation sites (N-methyl/N-ethyl adjacent to an activating group) is 1. The fourth-order valence-electron chi connectivity index (χ4n) is 1.46. The number of carbonyl (C=O) groups excluding carboxylic acids is 1. The smallest absolute Gasteiger partial charge is 0.254 e. The van der Waals surface area contributed by atoms with E-state index in [1.807, 2.05) is 13.8 Å². The summed E-state index contributed by atoms with van der Waals surface area (Å²) >= 11 is 5.98. The predicted molar refractivity (Wildman–Crippen MR) is 71.2 cm³/mol. The molecule has 1 amide bonds. The van der Waals surface area contributed by atoms with Gasteiger partial charge in [0.25, 0.3) is 5.91 Å². The largest absolute Gasteiger partial charge is 0.409 e. The Balaban J connectivity index is 2.93. The topological polar surface area (TPSA) is 78.9 Å². The summed E-state index contributed by atoms with van der Waals surface area (Å²) in [5, 5.41) is 11.9. The molecule has 0 unspecified atom stereocenters. The normalized spacial score (nSPS) is 11.4. The van der Waals surface area contributed by atoms with E-state index in [4.69, 9.17) is 22.5 Å². The van der Waals surface area contributed by atoms with Gasteiger partial charge in [0.05, 0.1) is 6.54 Å². The lowest BCUT2D eigenvalue weighted by atomic mass is 10.1. The summed E-state index contributed by atoms with van der Waals surface area (Å²) < 4.78 is 0. The van der Waals surface area contributed by atoms with Crippen molar-refractivity contribution in [2.45, 2.75) is 13.8 Å². The van der Waals surface area contributed by atoms with E-state index in [0.717, 1.165) is 5.56 Å². The van der Waals surface area contributed by atoms with Crippen LogP contribution in [0, 0.1) is 6.92 Å². The number of amides is 1. The van der Waals surface area contributed by atoms with Crippen LogP contribution >= 0.6 is 11.6 Å². The van der Waals surface area contributed by atoms with Crippen LogP contribution in [0.25, 0.3) is 0 Å². The van der Waals surface area contributed by atoms with Gasteiger partial charge in [0.1, 0.15) is 0 Å². The third-order valence-electron chi connectivity index (χ3n) is 2.57. The summed E-state index contributed by atoms with van der Waals surface area (Å²) in [7, 11) is 0. The lowest BCUT2D eigenvalue weighted by Gasteiger charge is -2.20. The van der Waals surface area contributed by atoms with Crippen LogP contribution in [0.4, 0.5) is 0 Å². The molecule has 0 saturated heterocycles. The van der Waals surface area contributed by atoms with Gasteiger partial charge in [-0.3, -0.25) is 4.79 Å². The van der Waals surface area contributed by atoms with E-state index < -0.39 is 0 Å². The minimum Gasteiger partial charge on any atom is -0.409 e. The average Bonchev–Trinajstić information content (AvgIpc) is 2.38. The van der Waals surface area contributed by atoms with Crippen molar-refractivity contribution in [3.8, 4) is 0 Å². The first-order valence-corrected chi connectivity index (χ1v) is 5.89. The van der Waals surface area contributed by atoms with Crippen molar-refractivity contribution in [1.82, 2.24) is 4.90 Å². The van der Waals surface area contributed by atoms with E-state index >= 15 is 0 Å². The number of carbonyl (C=O) groups is 1. The van der Waals surface area contributed by atoms with Gasteiger partial charge in [0.15, 0.2) is 5.84 Å². The highest BCUT2D eigenvalue weighted by Gasteiger charge is 2.16. The molecule has 6 heteroatoms. The maximum Gasteiger partial charge on any atom is 0.254 e. The van der Waals surface area contributed by atoms with Crippen LogP contribution < -0.4 is 5.73 Å². The first-order valence-electron chi connectivity index (χ1n) is 5.51. The van der Waals surface area contributed by atoms with Gasteiger partial charge in [-0.1, -0.05) is 22.8 Å². The molecule has 1 aromatic carbocycles. The third-order valence-corrected chi connectivity index (χ3v) is 2.98. The van der Waals surface area contributed by atoms with Crippen molar-refractivity contribution in [3.63, 3.8) is 0 Å². The van der Waals surface area contributed by atoms with Crippen LogP contribution in [0.2, 0.25) is 5.02 Å². The number of nitrogens with zero attached hydrogens (tertiary/aromatic N) is 2. The second kappa shape index (κ2) is 6.26. The number of benzene rings is 1. The third kappa shape index (κ3) is 3.37. The summed E-state index contributed by atoms with van der Waals surface area (Å²) in [5.41, 5.74) is 6.79. The second-order valence-corrected chi connectivity index (χ2v) is 4.28. The number of rotatable bonds is 4. The van der Waals surface area contributed by atoms with Gasteiger partial charge in [0, 0.05) is 17.1 Å². The molecule has 0 saturated carbocycles. The molecule has 1 aromatic rings. The summed E-state index contributed by atoms with van der Waals surface area (Å²) in [4.78, 5) is 13.6. The van der Waals surface area contributed by atoms with Crippen molar-refractivity contribution in [2.24, 2.45) is 10.9 Å². The Morgan fingerprint density at radius 2 is 2.22 bits per heavy atom. The zero-order chi connectivity index (χ0) is 13.7. The molecule has 1 rings (SSSR count). The van der Waals surface area contributed by atoms with Gasteiger partial charge in [-0.25, -0.2) is 0 Å². The van der Waals surface area contributed by atoms with E-state index in [1.165, 1.54) is 4.90 Å². The number of amidine groups is 1. The molecule has 5 nitrogen and oxygen atoms in total. The van der Waals surface area contributed by atoms with Crippen molar-refractivity contribution in [3.05, 3.63) is 34.3 Å². The van der Waals surface area contributed by atoms with E-state index in [9.17, 15) is 4.79 Å². The number of oxime groups is 1. The lowest BCUT2D eigenvalue weighted by molar-refractivity contribution is 0.0786. The van der Waals surface area contributed by atoms with Crippen molar-refractivity contribution < 1.29 is 10.0 Å². The highest BCUT2D eigenvalue weighted by Crippen LogP contribution is 2.17. The Bertz CT molecular complexity index is 474. The van der Waals surface area contributed by atoms with Crippen LogP contribution in [0.15, 0.2) is 23.4 Å². The van der Waals surface area contributed by atoms with Crippen molar-refractivity contribution in [2.75, 3.05) is 13.1 Å². The molecule has 0 radical (unpaired) electrons. The number of hydrogen-bond acceptors (Lipinski definition) is 3. The number of hydrogen-bond donors (Lipinski definition) is 2. The lowest BCUT2D eigenvalue weighted by Crippen LogP contribution is -2.38. The molecule has 0 aromatic heterocycles. The highest BCUT2D eigenvalue weighted by molar-refractivity contribution is 6.31. The quantitative estimate of drug-likeness (QED) is 0.379. The molecule has 0 aliphatic rings. The zero-order valence-electron chi connectivity index (χ0n) is 10.4. The summed E-state index contributed by atoms with van der Waals surface area (Å²) in [6.45, 7) is 4.22. The highest BCUT2D eigenvalue weighted by atomic mass is 35.5. The maximum atomic E-state index is 12.2. The van der Waals surface area contributed by atoms with E-state index in [2.05, 4.69) is 5.16 Å². The van der Waals surface area contributed by atoms with Crippen LogP contribution in [-0.4, -0.2) is 34.9 Å². The molecule has 0 atom stereocenters. The molecule has 0 aliphatic heterocycles. The van der Waals surface area contributed by atoms with Crippen LogP contribution in [0.1, 0.15) is 22.8 Å². The second-order valence-electron chi connectivity index (χ2n) is 3.87. The maximum absolute atomic E-state index is 12.2. The first kappa shape index (κ1) is 14.3. The minimum atomic E-state index is -0.203. The van der Waals surface area contributed by atoms with Crippen molar-refractivity contribution in [1.29, 1.82) is 0 Å². The van der Waals surface area contributed by atoms with Crippen molar-refractivity contribution >= 4 is 23.3 Å². The molecule has 3 N–H and O–H groups in total. The molecule has 0 fully saturated rings. The monoisotopic (exact) mass is 269 g/mol. The minimum absolute atomic E-state index is 0.0107. The molecule has 0 spiro atoms. The molecule has 0 heterocycles. The van der Waals surface area contributed by atoms with E-state index in [1.54, 1.807) is 18.2 Å². The van der Waals surface area contributed by atoms with Crippen LogP contribution in [0.3, 0.4) is 0 Å². The van der Waals surface area contributed by atoms with Gasteiger partial charge in [-0.05, 0) is 31.5 Å². The summed E-state index contributed by atoms with van der Waals surface area (Å²) in [6.07, 6.45) is 0. The molecule has 98 valence electrons. The predicted octanol–water partition coefficient (Wildman–Crippen LogP) is 1.86. The Morgan fingerprint density at radius 1 is 1.56 bits per heavy atom. The first-order chi connectivity index (χ1) is 8.49. The Morgan fingerprint density at radius 3 is 2.72 bits per heavy atom. The fraction of sp³-hybridized carbons (Fsp3) is 0.333. The Labute approximate surface area is 111 Å². The molecule has 0 bridgehead atoms. The average molecular weight is 270 g/mol. The van der Waals surface area contributed by atoms with Crippen LogP contribution in [-0.2, 0) is 0 Å². The molecule has 0 aliphatic carbocycles. The number of halogens is 1. The summed E-state index contributed by atoms with van der Waals surface area (Å²) in [5.74, 6) is -0.214. The van der Waals surface area contributed by atoms with Gasteiger partial charge >= 0.3 is 0 Å².